The molecule has 0 bridgehead atoms. The van der Waals surface area contributed by atoms with E-state index >= 15 is 0 Å². The van der Waals surface area contributed by atoms with E-state index in [-0.39, 0.29) is 24.0 Å². The second-order valence-electron chi connectivity index (χ2n) is 5.80. The number of benzene rings is 2. The lowest BCUT2D eigenvalue weighted by Gasteiger charge is -2.12. The maximum atomic E-state index is 12.2. The van der Waals surface area contributed by atoms with Crippen LogP contribution in [0, 0.1) is 0 Å². The van der Waals surface area contributed by atoms with Gasteiger partial charge < -0.3 is 10.6 Å². The number of nitrogens with zero attached hydrogens (tertiary/aromatic N) is 1. The van der Waals surface area contributed by atoms with Crippen molar-refractivity contribution in [3.05, 3.63) is 70.7 Å². The molecule has 0 spiro atoms. The summed E-state index contributed by atoms with van der Waals surface area (Å²) >= 11 is 6.18. The van der Waals surface area contributed by atoms with E-state index in [2.05, 4.69) is 15.6 Å². The van der Waals surface area contributed by atoms with Crippen molar-refractivity contribution in [3.8, 4) is 0 Å². The van der Waals surface area contributed by atoms with Gasteiger partial charge in [-0.3, -0.25) is 9.20 Å². The molecule has 0 aliphatic heterocycles. The van der Waals surface area contributed by atoms with Gasteiger partial charge in [-0.15, -0.1) is 24.0 Å². The molecule has 0 aliphatic carbocycles. The van der Waals surface area contributed by atoms with E-state index in [1.807, 2.05) is 61.5 Å². The summed E-state index contributed by atoms with van der Waals surface area (Å²) in [5, 5.41) is 7.30. The summed E-state index contributed by atoms with van der Waals surface area (Å²) in [6, 6.07) is 17.8. The van der Waals surface area contributed by atoms with Crippen LogP contribution in [0.1, 0.15) is 18.1 Å². The van der Waals surface area contributed by atoms with Crippen molar-refractivity contribution in [3.63, 3.8) is 0 Å². The molecule has 148 valence electrons. The van der Waals surface area contributed by atoms with E-state index in [1.54, 1.807) is 0 Å². The Balaban J connectivity index is 0.00000364. The van der Waals surface area contributed by atoms with Crippen LogP contribution in [0.2, 0.25) is 5.02 Å². The van der Waals surface area contributed by atoms with Gasteiger partial charge in [0.1, 0.15) is 0 Å². The Bertz CT molecular complexity index is 728. The molecule has 2 N–H and O–H groups in total. The Labute approximate surface area is 186 Å². The molecule has 2 aromatic rings. The Hall–Kier alpha value is -1.12. The van der Waals surface area contributed by atoms with Gasteiger partial charge in [0.05, 0.1) is 6.54 Å². The minimum Gasteiger partial charge on any atom is -0.357 e. The fraction of sp³-hybridized carbons (Fsp3) is 0.350. The number of hydrogen-bond donors (Lipinski definition) is 2. The molecule has 0 heterocycles. The Kier molecular flexibility index (Phi) is 12.4. The fourth-order valence-corrected chi connectivity index (χ4v) is 3.68. The van der Waals surface area contributed by atoms with Crippen molar-refractivity contribution in [2.45, 2.75) is 19.1 Å². The third-order valence-corrected chi connectivity index (χ3v) is 5.41. The molecular formula is C20H27ClIN3OS. The van der Waals surface area contributed by atoms with Gasteiger partial charge in [-0.05, 0) is 30.5 Å². The lowest BCUT2D eigenvalue weighted by Crippen LogP contribution is -2.38. The van der Waals surface area contributed by atoms with Gasteiger partial charge in [0.2, 0.25) is 0 Å². The van der Waals surface area contributed by atoms with Gasteiger partial charge >= 0.3 is 0 Å². The van der Waals surface area contributed by atoms with Crippen LogP contribution in [0.25, 0.3) is 0 Å². The molecule has 27 heavy (non-hydrogen) atoms. The van der Waals surface area contributed by atoms with Crippen LogP contribution in [-0.4, -0.2) is 35.6 Å². The maximum Gasteiger partial charge on any atom is 0.191 e. The minimum atomic E-state index is -0.910. The SMILES string of the molecule is CCNC(=NCCS(=O)Cc1ccccc1)NCCc1ccccc1Cl.I. The van der Waals surface area contributed by atoms with Crippen molar-refractivity contribution in [2.24, 2.45) is 4.99 Å². The first-order valence-electron chi connectivity index (χ1n) is 8.83. The highest BCUT2D eigenvalue weighted by Crippen LogP contribution is 2.14. The molecular weight excluding hydrogens is 493 g/mol. The summed E-state index contributed by atoms with van der Waals surface area (Å²) in [7, 11) is -0.910. The van der Waals surface area contributed by atoms with Gasteiger partial charge in [0.25, 0.3) is 0 Å². The molecule has 0 aliphatic rings. The Morgan fingerprint density at radius 1 is 1.07 bits per heavy atom. The van der Waals surface area contributed by atoms with Crippen LogP contribution in [-0.2, 0) is 23.0 Å². The lowest BCUT2D eigenvalue weighted by atomic mass is 10.1. The van der Waals surface area contributed by atoms with Crippen molar-refractivity contribution in [2.75, 3.05) is 25.4 Å². The summed E-state index contributed by atoms with van der Waals surface area (Å²) in [6.07, 6.45) is 0.823. The van der Waals surface area contributed by atoms with Crippen LogP contribution in [0.5, 0.6) is 0 Å². The minimum absolute atomic E-state index is 0. The summed E-state index contributed by atoms with van der Waals surface area (Å²) in [5.74, 6) is 1.87. The second kappa shape index (κ2) is 14.0. The van der Waals surface area contributed by atoms with Crippen molar-refractivity contribution in [1.29, 1.82) is 0 Å². The Morgan fingerprint density at radius 3 is 2.48 bits per heavy atom. The summed E-state index contributed by atoms with van der Waals surface area (Å²) < 4.78 is 12.2. The number of halogens is 2. The van der Waals surface area contributed by atoms with Gasteiger partial charge in [0, 0.05) is 40.4 Å². The molecule has 4 nitrogen and oxygen atoms in total. The quantitative estimate of drug-likeness (QED) is 0.299. The molecule has 0 fully saturated rings. The van der Waals surface area contributed by atoms with E-state index in [0.717, 1.165) is 41.6 Å². The van der Waals surface area contributed by atoms with Gasteiger partial charge in [0.15, 0.2) is 5.96 Å². The van der Waals surface area contributed by atoms with E-state index < -0.39 is 10.8 Å². The van der Waals surface area contributed by atoms with E-state index in [1.165, 1.54) is 0 Å². The molecule has 0 saturated heterocycles. The van der Waals surface area contributed by atoms with Crippen molar-refractivity contribution in [1.82, 2.24) is 10.6 Å². The zero-order valence-corrected chi connectivity index (χ0v) is 19.4. The predicted molar refractivity (Wildman–Crippen MR) is 128 cm³/mol. The van der Waals surface area contributed by atoms with Gasteiger partial charge in [-0.2, -0.15) is 0 Å². The first-order chi connectivity index (χ1) is 12.7. The monoisotopic (exact) mass is 519 g/mol. The molecule has 0 amide bonds. The number of nitrogens with one attached hydrogen (secondary N) is 2. The molecule has 0 saturated carbocycles. The average Bonchev–Trinajstić information content (AvgIpc) is 2.64. The highest BCUT2D eigenvalue weighted by Gasteiger charge is 2.03. The number of hydrogen-bond acceptors (Lipinski definition) is 2. The molecule has 0 radical (unpaired) electrons. The first kappa shape index (κ1) is 23.9. The number of guanidine groups is 1. The van der Waals surface area contributed by atoms with E-state index in [0.29, 0.717) is 18.1 Å². The smallest absolute Gasteiger partial charge is 0.191 e. The van der Waals surface area contributed by atoms with Crippen molar-refractivity contribution < 1.29 is 4.21 Å². The van der Waals surface area contributed by atoms with Crippen LogP contribution in [0.4, 0.5) is 0 Å². The topological polar surface area (TPSA) is 53.5 Å². The summed E-state index contributed by atoms with van der Waals surface area (Å²) in [5.41, 5.74) is 2.21. The van der Waals surface area contributed by atoms with Crippen LogP contribution in [0.3, 0.4) is 0 Å². The molecule has 7 heteroatoms. The number of aliphatic imine (C=N–C) groups is 1. The molecule has 0 aromatic heterocycles. The standard InChI is InChI=1S/C20H26ClN3OS.HI/c1-2-22-20(23-13-12-18-10-6-7-11-19(18)21)24-14-15-26(25)16-17-8-4-3-5-9-17;/h3-11H,2,12-16H2,1H3,(H2,22,23,24);1H. The third kappa shape index (κ3) is 9.58. The molecule has 1 atom stereocenters. The van der Waals surface area contributed by atoms with E-state index in [9.17, 15) is 4.21 Å². The van der Waals surface area contributed by atoms with Crippen molar-refractivity contribution >= 4 is 52.3 Å². The summed E-state index contributed by atoms with van der Waals surface area (Å²) in [6.45, 7) is 4.08. The first-order valence-corrected chi connectivity index (χ1v) is 10.7. The summed E-state index contributed by atoms with van der Waals surface area (Å²) in [4.78, 5) is 4.52. The van der Waals surface area contributed by atoms with E-state index in [4.69, 9.17) is 11.6 Å². The lowest BCUT2D eigenvalue weighted by molar-refractivity contribution is 0.682. The highest BCUT2D eigenvalue weighted by atomic mass is 127. The molecule has 2 rings (SSSR count). The number of rotatable bonds is 9. The Morgan fingerprint density at radius 2 is 1.78 bits per heavy atom. The van der Waals surface area contributed by atoms with Crippen LogP contribution < -0.4 is 10.6 Å². The largest absolute Gasteiger partial charge is 0.357 e. The molecule has 2 aromatic carbocycles. The second-order valence-corrected chi connectivity index (χ2v) is 7.79. The maximum absolute atomic E-state index is 12.2. The fourth-order valence-electron chi connectivity index (χ4n) is 2.45. The normalized spacial score (nSPS) is 12.1. The van der Waals surface area contributed by atoms with Gasteiger partial charge in [-0.1, -0.05) is 60.1 Å². The van der Waals surface area contributed by atoms with Gasteiger partial charge in [-0.25, -0.2) is 0 Å². The third-order valence-electron chi connectivity index (χ3n) is 3.75. The highest BCUT2D eigenvalue weighted by molar-refractivity contribution is 14.0. The van der Waals surface area contributed by atoms with Crippen LogP contribution in [0.15, 0.2) is 59.6 Å². The van der Waals surface area contributed by atoms with Crippen LogP contribution >= 0.6 is 35.6 Å². The zero-order chi connectivity index (χ0) is 18.6. The molecule has 1 unspecified atom stereocenters. The average molecular weight is 520 g/mol. The zero-order valence-electron chi connectivity index (χ0n) is 15.5. The predicted octanol–water partition coefficient (Wildman–Crippen LogP) is 4.00.